The van der Waals surface area contributed by atoms with E-state index in [0.29, 0.717) is 29.9 Å². The first kappa shape index (κ1) is 14.4. The summed E-state index contributed by atoms with van der Waals surface area (Å²) in [5, 5.41) is 3.60. The lowest BCUT2D eigenvalue weighted by Gasteiger charge is -2.08. The second-order valence-electron chi connectivity index (χ2n) is 4.71. The zero-order valence-electron chi connectivity index (χ0n) is 11.4. The Morgan fingerprint density at radius 3 is 2.90 bits per heavy atom. The number of nitrogens with one attached hydrogen (secondary N) is 1. The molecule has 0 unspecified atom stereocenters. The summed E-state index contributed by atoms with van der Waals surface area (Å²) in [6, 6.07) is 6.10. The average molecular weight is 275 g/mol. The van der Waals surface area contributed by atoms with Gasteiger partial charge in [-0.1, -0.05) is 0 Å². The molecule has 0 fully saturated rings. The van der Waals surface area contributed by atoms with Gasteiger partial charge in [0.1, 0.15) is 5.82 Å². The van der Waals surface area contributed by atoms with Crippen LogP contribution in [0.3, 0.4) is 0 Å². The lowest BCUT2D eigenvalue weighted by molar-refractivity contribution is 0.0952. The zero-order valence-corrected chi connectivity index (χ0v) is 11.4. The number of carbonyl (C=O) groups is 1. The van der Waals surface area contributed by atoms with Crippen molar-refractivity contribution in [1.29, 1.82) is 0 Å². The van der Waals surface area contributed by atoms with Crippen molar-refractivity contribution in [3.8, 4) is 0 Å². The molecule has 0 atom stereocenters. The smallest absolute Gasteiger partial charge is 0.253 e. The van der Waals surface area contributed by atoms with Crippen LogP contribution >= 0.6 is 0 Å². The van der Waals surface area contributed by atoms with Gasteiger partial charge < -0.3 is 11.1 Å². The molecule has 1 aromatic heterocycles. The maximum atomic E-state index is 13.1. The molecule has 20 heavy (non-hydrogen) atoms. The van der Waals surface area contributed by atoms with Gasteiger partial charge in [0.15, 0.2) is 0 Å². The lowest BCUT2D eigenvalue weighted by Crippen LogP contribution is -2.25. The summed E-state index contributed by atoms with van der Waals surface area (Å²) in [7, 11) is 0. The van der Waals surface area contributed by atoms with Gasteiger partial charge in [0, 0.05) is 18.0 Å². The molecule has 5 heteroatoms. The predicted octanol–water partition coefficient (Wildman–Crippen LogP) is 2.15. The summed E-state index contributed by atoms with van der Waals surface area (Å²) < 4.78 is 13.1. The second-order valence-corrected chi connectivity index (χ2v) is 4.71. The van der Waals surface area contributed by atoms with Gasteiger partial charge in [-0.05, 0) is 44.5 Å². The third-order valence-electron chi connectivity index (χ3n) is 3.13. The number of nitrogens with zero attached hydrogens (tertiary/aromatic N) is 1. The number of aryl methyl sites for hydroxylation is 1. The van der Waals surface area contributed by atoms with Crippen molar-refractivity contribution >= 4 is 16.8 Å². The number of halogens is 1. The maximum absolute atomic E-state index is 13.1. The van der Waals surface area contributed by atoms with E-state index in [1.165, 1.54) is 12.1 Å². The molecule has 2 rings (SSSR count). The first-order valence-corrected chi connectivity index (χ1v) is 6.67. The van der Waals surface area contributed by atoms with Crippen LogP contribution in [0.25, 0.3) is 10.9 Å². The Morgan fingerprint density at radius 1 is 1.35 bits per heavy atom. The zero-order chi connectivity index (χ0) is 14.5. The Morgan fingerprint density at radius 2 is 2.15 bits per heavy atom. The first-order valence-electron chi connectivity index (χ1n) is 6.67. The number of amides is 1. The Balaban J connectivity index is 2.19. The van der Waals surface area contributed by atoms with E-state index in [1.807, 2.05) is 0 Å². The highest BCUT2D eigenvalue weighted by atomic mass is 19.1. The molecule has 0 radical (unpaired) electrons. The van der Waals surface area contributed by atoms with E-state index in [1.54, 1.807) is 19.1 Å². The van der Waals surface area contributed by atoms with Gasteiger partial charge in [-0.25, -0.2) is 4.39 Å². The van der Waals surface area contributed by atoms with Crippen LogP contribution in [0.1, 0.15) is 28.9 Å². The molecule has 0 saturated carbocycles. The number of hydrogen-bond donors (Lipinski definition) is 2. The van der Waals surface area contributed by atoms with Crippen molar-refractivity contribution in [2.24, 2.45) is 5.73 Å². The largest absolute Gasteiger partial charge is 0.352 e. The molecule has 0 bridgehead atoms. The van der Waals surface area contributed by atoms with Gasteiger partial charge in [0.2, 0.25) is 0 Å². The summed E-state index contributed by atoms with van der Waals surface area (Å²) in [5.74, 6) is -0.485. The maximum Gasteiger partial charge on any atom is 0.253 e. The number of unbranched alkanes of at least 4 members (excludes halogenated alkanes) is 1. The van der Waals surface area contributed by atoms with Gasteiger partial charge in [-0.3, -0.25) is 9.78 Å². The summed E-state index contributed by atoms with van der Waals surface area (Å²) in [6.45, 7) is 2.97. The van der Waals surface area contributed by atoms with E-state index in [2.05, 4.69) is 10.3 Å². The van der Waals surface area contributed by atoms with Gasteiger partial charge in [-0.2, -0.15) is 0 Å². The molecule has 0 aliphatic rings. The molecular formula is C15H18FN3O. The Hall–Kier alpha value is -2.01. The van der Waals surface area contributed by atoms with Crippen molar-refractivity contribution in [3.05, 3.63) is 41.3 Å². The summed E-state index contributed by atoms with van der Waals surface area (Å²) in [5.41, 5.74) is 7.08. The van der Waals surface area contributed by atoms with Crippen molar-refractivity contribution in [2.45, 2.75) is 19.8 Å². The van der Waals surface area contributed by atoms with E-state index < -0.39 is 0 Å². The van der Waals surface area contributed by atoms with Crippen molar-refractivity contribution in [1.82, 2.24) is 10.3 Å². The number of carbonyl (C=O) groups excluding carboxylic acids is 1. The van der Waals surface area contributed by atoms with Crippen LogP contribution < -0.4 is 11.1 Å². The molecule has 0 aliphatic carbocycles. The molecule has 2 aromatic rings. The van der Waals surface area contributed by atoms with Gasteiger partial charge >= 0.3 is 0 Å². The van der Waals surface area contributed by atoms with Crippen LogP contribution in [0.2, 0.25) is 0 Å². The predicted molar refractivity (Wildman–Crippen MR) is 77.1 cm³/mol. The number of nitrogens with two attached hydrogens (primary N) is 1. The lowest BCUT2D eigenvalue weighted by atomic mass is 10.1. The highest BCUT2D eigenvalue weighted by molar-refractivity contribution is 5.98. The van der Waals surface area contributed by atoms with Crippen molar-refractivity contribution in [3.63, 3.8) is 0 Å². The van der Waals surface area contributed by atoms with E-state index in [0.717, 1.165) is 18.2 Å². The van der Waals surface area contributed by atoms with E-state index in [9.17, 15) is 9.18 Å². The van der Waals surface area contributed by atoms with Crippen LogP contribution in [0.4, 0.5) is 4.39 Å². The normalized spacial score (nSPS) is 10.8. The molecule has 106 valence electrons. The van der Waals surface area contributed by atoms with E-state index >= 15 is 0 Å². The molecule has 1 aromatic carbocycles. The Labute approximate surface area is 117 Å². The fourth-order valence-corrected chi connectivity index (χ4v) is 2.03. The monoisotopic (exact) mass is 275 g/mol. The minimum absolute atomic E-state index is 0.154. The number of hydrogen-bond acceptors (Lipinski definition) is 3. The number of rotatable bonds is 5. The summed E-state index contributed by atoms with van der Waals surface area (Å²) in [6.07, 6.45) is 1.74. The molecule has 0 saturated heterocycles. The number of fused-ring (bicyclic) bond motifs is 1. The standard InChI is InChI=1S/C15H18FN3O/c1-10-13(15(20)18-7-3-2-6-17)8-11-4-5-12(16)9-14(11)19-10/h4-5,8-9H,2-3,6-7,17H2,1H3,(H,18,20). The Bertz CT molecular complexity index is 628. The fourth-order valence-electron chi connectivity index (χ4n) is 2.03. The van der Waals surface area contributed by atoms with Crippen LogP contribution in [-0.2, 0) is 0 Å². The summed E-state index contributed by atoms with van der Waals surface area (Å²) >= 11 is 0. The highest BCUT2D eigenvalue weighted by Gasteiger charge is 2.11. The topological polar surface area (TPSA) is 68.0 Å². The van der Waals surface area contributed by atoms with Crippen LogP contribution in [-0.4, -0.2) is 24.0 Å². The molecule has 4 nitrogen and oxygen atoms in total. The van der Waals surface area contributed by atoms with Crippen LogP contribution in [0.15, 0.2) is 24.3 Å². The summed E-state index contributed by atoms with van der Waals surface area (Å²) in [4.78, 5) is 16.4. The molecule has 1 amide bonds. The average Bonchev–Trinajstić information content (AvgIpc) is 2.42. The van der Waals surface area contributed by atoms with E-state index in [4.69, 9.17) is 5.73 Å². The van der Waals surface area contributed by atoms with Crippen molar-refractivity contribution < 1.29 is 9.18 Å². The van der Waals surface area contributed by atoms with Crippen LogP contribution in [0, 0.1) is 12.7 Å². The minimum Gasteiger partial charge on any atom is -0.352 e. The molecule has 0 aliphatic heterocycles. The minimum atomic E-state index is -0.330. The van der Waals surface area contributed by atoms with Gasteiger partial charge in [-0.15, -0.1) is 0 Å². The third-order valence-corrected chi connectivity index (χ3v) is 3.13. The number of benzene rings is 1. The number of aromatic nitrogens is 1. The van der Waals surface area contributed by atoms with Gasteiger partial charge in [0.05, 0.1) is 16.8 Å². The fraction of sp³-hybridized carbons (Fsp3) is 0.333. The van der Waals surface area contributed by atoms with E-state index in [-0.39, 0.29) is 11.7 Å². The van der Waals surface area contributed by atoms with Crippen LogP contribution in [0.5, 0.6) is 0 Å². The highest BCUT2D eigenvalue weighted by Crippen LogP contribution is 2.17. The Kier molecular flexibility index (Phi) is 4.63. The second kappa shape index (κ2) is 6.43. The SMILES string of the molecule is Cc1nc2cc(F)ccc2cc1C(=O)NCCCCN. The molecule has 0 spiro atoms. The first-order chi connectivity index (χ1) is 9.61. The molecule has 1 heterocycles. The van der Waals surface area contributed by atoms with Gasteiger partial charge in [0.25, 0.3) is 5.91 Å². The molecular weight excluding hydrogens is 257 g/mol. The number of pyridine rings is 1. The third kappa shape index (κ3) is 3.30. The van der Waals surface area contributed by atoms with Crippen molar-refractivity contribution in [2.75, 3.05) is 13.1 Å². The quantitative estimate of drug-likeness (QED) is 0.822. The molecule has 3 N–H and O–H groups in total.